The third-order valence-electron chi connectivity index (χ3n) is 4.41. The number of piperidine rings is 1. The summed E-state index contributed by atoms with van der Waals surface area (Å²) in [5.74, 6) is 1.20. The van der Waals surface area contributed by atoms with E-state index < -0.39 is 0 Å². The topological polar surface area (TPSA) is 46.3 Å². The number of benzene rings is 1. The summed E-state index contributed by atoms with van der Waals surface area (Å²) in [4.78, 5) is 14.8. The van der Waals surface area contributed by atoms with Gasteiger partial charge in [-0.15, -0.1) is 0 Å². The van der Waals surface area contributed by atoms with E-state index in [2.05, 4.69) is 18.7 Å². The SMILES string of the molecule is CC1CC(C)CN(CCCC(=O)c2ccc(F)cc2CN)C1. The Hall–Kier alpha value is -1.26. The molecule has 0 saturated carbocycles. The number of hydrogen-bond donors (Lipinski definition) is 1. The van der Waals surface area contributed by atoms with Gasteiger partial charge in [0, 0.05) is 31.6 Å². The van der Waals surface area contributed by atoms with E-state index in [9.17, 15) is 9.18 Å². The molecule has 2 rings (SSSR count). The van der Waals surface area contributed by atoms with Gasteiger partial charge in [0.2, 0.25) is 0 Å². The van der Waals surface area contributed by atoms with Gasteiger partial charge in [-0.1, -0.05) is 13.8 Å². The Morgan fingerprint density at radius 3 is 2.64 bits per heavy atom. The van der Waals surface area contributed by atoms with E-state index in [1.54, 1.807) is 6.07 Å². The van der Waals surface area contributed by atoms with Crippen molar-refractivity contribution in [1.82, 2.24) is 4.90 Å². The molecule has 0 amide bonds. The first-order valence-electron chi connectivity index (χ1n) is 8.23. The molecule has 0 aromatic heterocycles. The molecule has 0 radical (unpaired) electrons. The Balaban J connectivity index is 1.85. The minimum atomic E-state index is -0.340. The largest absolute Gasteiger partial charge is 0.326 e. The summed E-state index contributed by atoms with van der Waals surface area (Å²) in [6, 6.07) is 4.26. The van der Waals surface area contributed by atoms with Crippen LogP contribution in [0.2, 0.25) is 0 Å². The first-order valence-corrected chi connectivity index (χ1v) is 8.23. The fourth-order valence-electron chi connectivity index (χ4n) is 3.58. The third kappa shape index (κ3) is 4.62. The molecule has 4 heteroatoms. The number of hydrogen-bond acceptors (Lipinski definition) is 3. The summed E-state index contributed by atoms with van der Waals surface area (Å²) >= 11 is 0. The van der Waals surface area contributed by atoms with Crippen LogP contribution in [-0.4, -0.2) is 30.3 Å². The van der Waals surface area contributed by atoms with E-state index in [4.69, 9.17) is 5.73 Å². The standard InChI is InChI=1S/C18H27FN2O/c1-13-8-14(2)12-21(11-13)7-3-4-18(22)17-6-5-16(19)9-15(17)10-20/h5-6,9,13-14H,3-4,7-8,10-12,20H2,1-2H3. The summed E-state index contributed by atoms with van der Waals surface area (Å²) in [6.07, 6.45) is 2.64. The Morgan fingerprint density at radius 1 is 1.32 bits per heavy atom. The Kier molecular flexibility index (Phi) is 6.09. The van der Waals surface area contributed by atoms with Gasteiger partial charge in [-0.3, -0.25) is 4.79 Å². The Morgan fingerprint density at radius 2 is 2.00 bits per heavy atom. The van der Waals surface area contributed by atoms with Gasteiger partial charge in [0.15, 0.2) is 5.78 Å². The molecule has 1 heterocycles. The molecule has 3 nitrogen and oxygen atoms in total. The van der Waals surface area contributed by atoms with Gasteiger partial charge in [-0.2, -0.15) is 0 Å². The van der Waals surface area contributed by atoms with E-state index in [0.29, 0.717) is 17.5 Å². The monoisotopic (exact) mass is 306 g/mol. The number of ketones is 1. The van der Waals surface area contributed by atoms with Crippen molar-refractivity contribution in [3.63, 3.8) is 0 Å². The number of carbonyl (C=O) groups is 1. The molecule has 1 aliphatic heterocycles. The van der Waals surface area contributed by atoms with Crippen molar-refractivity contribution in [1.29, 1.82) is 0 Å². The highest BCUT2D eigenvalue weighted by molar-refractivity contribution is 5.97. The molecule has 1 aromatic rings. The van der Waals surface area contributed by atoms with Crippen LogP contribution >= 0.6 is 0 Å². The normalized spacial score (nSPS) is 22.7. The predicted octanol–water partition coefficient (Wildman–Crippen LogP) is 3.23. The van der Waals surface area contributed by atoms with Gasteiger partial charge in [0.25, 0.3) is 0 Å². The highest BCUT2D eigenvalue weighted by atomic mass is 19.1. The molecule has 1 saturated heterocycles. The summed E-state index contributed by atoms with van der Waals surface area (Å²) < 4.78 is 13.2. The van der Waals surface area contributed by atoms with Crippen molar-refractivity contribution in [3.8, 4) is 0 Å². The van der Waals surface area contributed by atoms with Crippen molar-refractivity contribution < 1.29 is 9.18 Å². The fraction of sp³-hybridized carbons (Fsp3) is 0.611. The second kappa shape index (κ2) is 7.84. The summed E-state index contributed by atoms with van der Waals surface area (Å²) in [5, 5.41) is 0. The number of likely N-dealkylation sites (tertiary alicyclic amines) is 1. The highest BCUT2D eigenvalue weighted by Gasteiger charge is 2.21. The van der Waals surface area contributed by atoms with Crippen LogP contribution < -0.4 is 5.73 Å². The van der Waals surface area contributed by atoms with Crippen LogP contribution in [0.1, 0.15) is 49.0 Å². The van der Waals surface area contributed by atoms with Crippen molar-refractivity contribution in [2.75, 3.05) is 19.6 Å². The highest BCUT2D eigenvalue weighted by Crippen LogP contribution is 2.21. The molecule has 0 spiro atoms. The van der Waals surface area contributed by atoms with Gasteiger partial charge < -0.3 is 10.6 Å². The summed E-state index contributed by atoms with van der Waals surface area (Å²) in [7, 11) is 0. The van der Waals surface area contributed by atoms with Gasteiger partial charge >= 0.3 is 0 Å². The van der Waals surface area contributed by atoms with Crippen molar-refractivity contribution in [2.45, 2.75) is 39.7 Å². The van der Waals surface area contributed by atoms with E-state index in [1.165, 1.54) is 18.6 Å². The lowest BCUT2D eigenvalue weighted by atomic mass is 9.91. The number of rotatable bonds is 6. The maximum atomic E-state index is 13.2. The van der Waals surface area contributed by atoms with E-state index in [0.717, 1.165) is 37.9 Å². The third-order valence-corrected chi connectivity index (χ3v) is 4.41. The lowest BCUT2D eigenvalue weighted by Gasteiger charge is -2.34. The quantitative estimate of drug-likeness (QED) is 0.821. The van der Waals surface area contributed by atoms with Crippen LogP contribution in [0, 0.1) is 17.7 Å². The van der Waals surface area contributed by atoms with Gasteiger partial charge in [-0.05, 0) is 55.0 Å². The van der Waals surface area contributed by atoms with Crippen molar-refractivity contribution >= 4 is 5.78 Å². The maximum Gasteiger partial charge on any atom is 0.163 e. The number of Topliss-reactive ketones (excluding diaryl/α,β-unsaturated/α-hetero) is 1. The van der Waals surface area contributed by atoms with Gasteiger partial charge in [-0.25, -0.2) is 4.39 Å². The Bertz CT molecular complexity index is 508. The maximum absolute atomic E-state index is 13.2. The second-order valence-electron chi connectivity index (χ2n) is 6.74. The van der Waals surface area contributed by atoms with E-state index in [-0.39, 0.29) is 18.1 Å². The zero-order chi connectivity index (χ0) is 16.1. The lowest BCUT2D eigenvalue weighted by Crippen LogP contribution is -2.39. The van der Waals surface area contributed by atoms with Gasteiger partial charge in [0.1, 0.15) is 5.82 Å². The molecule has 22 heavy (non-hydrogen) atoms. The van der Waals surface area contributed by atoms with Crippen LogP contribution in [0.15, 0.2) is 18.2 Å². The smallest absolute Gasteiger partial charge is 0.163 e. The average molecular weight is 306 g/mol. The molecule has 1 aromatic carbocycles. The zero-order valence-electron chi connectivity index (χ0n) is 13.6. The molecular formula is C18H27FN2O. The Labute approximate surface area is 132 Å². The second-order valence-corrected chi connectivity index (χ2v) is 6.74. The predicted molar refractivity (Wildman–Crippen MR) is 87.2 cm³/mol. The molecule has 0 aliphatic carbocycles. The van der Waals surface area contributed by atoms with Crippen molar-refractivity contribution in [3.05, 3.63) is 35.1 Å². The number of halogens is 1. The fourth-order valence-corrected chi connectivity index (χ4v) is 3.58. The molecular weight excluding hydrogens is 279 g/mol. The molecule has 2 N–H and O–H groups in total. The van der Waals surface area contributed by atoms with Crippen LogP contribution in [0.5, 0.6) is 0 Å². The van der Waals surface area contributed by atoms with Crippen LogP contribution in [0.25, 0.3) is 0 Å². The molecule has 2 atom stereocenters. The molecule has 1 aliphatic rings. The van der Waals surface area contributed by atoms with E-state index in [1.807, 2.05) is 0 Å². The average Bonchev–Trinajstić information content (AvgIpc) is 2.45. The first-order chi connectivity index (χ1) is 10.5. The molecule has 0 bridgehead atoms. The summed E-state index contributed by atoms with van der Waals surface area (Å²) in [6.45, 7) is 7.99. The van der Waals surface area contributed by atoms with Gasteiger partial charge in [0.05, 0.1) is 0 Å². The summed E-state index contributed by atoms with van der Waals surface area (Å²) in [5.41, 5.74) is 6.78. The minimum absolute atomic E-state index is 0.0681. The first kappa shape index (κ1) is 17.1. The zero-order valence-corrected chi connectivity index (χ0v) is 13.6. The number of carbonyl (C=O) groups excluding carboxylic acids is 1. The van der Waals surface area contributed by atoms with Crippen molar-refractivity contribution in [2.24, 2.45) is 17.6 Å². The van der Waals surface area contributed by atoms with Crippen LogP contribution in [-0.2, 0) is 6.54 Å². The lowest BCUT2D eigenvalue weighted by molar-refractivity contribution is 0.0961. The molecule has 122 valence electrons. The molecule has 2 unspecified atom stereocenters. The number of nitrogens with zero attached hydrogens (tertiary/aromatic N) is 1. The van der Waals surface area contributed by atoms with Crippen LogP contribution in [0.3, 0.4) is 0 Å². The van der Waals surface area contributed by atoms with Crippen LogP contribution in [0.4, 0.5) is 4.39 Å². The molecule has 1 fully saturated rings. The minimum Gasteiger partial charge on any atom is -0.326 e. The number of nitrogens with two attached hydrogens (primary N) is 1. The van der Waals surface area contributed by atoms with E-state index >= 15 is 0 Å².